The van der Waals surface area contributed by atoms with Gasteiger partial charge in [0.25, 0.3) is 0 Å². The fourth-order valence-electron chi connectivity index (χ4n) is 7.85. The van der Waals surface area contributed by atoms with E-state index in [1.165, 1.54) is 22.3 Å². The van der Waals surface area contributed by atoms with Crippen LogP contribution in [0.15, 0.2) is 84.9 Å². The summed E-state index contributed by atoms with van der Waals surface area (Å²) in [6.45, 7) is 1.79. The van der Waals surface area contributed by atoms with Crippen LogP contribution in [0.3, 0.4) is 0 Å². The van der Waals surface area contributed by atoms with Gasteiger partial charge in [-0.25, -0.2) is 0 Å². The molecule has 8 heteroatoms. The first-order chi connectivity index (χ1) is 22.9. The van der Waals surface area contributed by atoms with Gasteiger partial charge in [0.1, 0.15) is 12.1 Å². The second-order valence-electron chi connectivity index (χ2n) is 13.5. The Morgan fingerprint density at radius 1 is 0.872 bits per heavy atom. The molecule has 1 unspecified atom stereocenters. The number of rotatable bonds is 11. The molecule has 248 valence electrons. The van der Waals surface area contributed by atoms with Crippen molar-refractivity contribution in [3.63, 3.8) is 0 Å². The van der Waals surface area contributed by atoms with Gasteiger partial charge in [0, 0.05) is 5.41 Å². The number of hydrogen-bond acceptors (Lipinski definition) is 5. The highest BCUT2D eigenvalue weighted by atomic mass is 32.2. The minimum absolute atomic E-state index is 0.0696. The topological polar surface area (TPSA) is 90.5 Å². The predicted molar refractivity (Wildman–Crippen MR) is 189 cm³/mol. The molecule has 47 heavy (non-hydrogen) atoms. The number of aryl methyl sites for hydroxylation is 3. The summed E-state index contributed by atoms with van der Waals surface area (Å²) < 4.78 is 0. The van der Waals surface area contributed by atoms with Crippen LogP contribution in [0.25, 0.3) is 0 Å². The maximum Gasteiger partial charge on any atom is 0.246 e. The van der Waals surface area contributed by atoms with E-state index in [9.17, 15) is 14.4 Å². The van der Waals surface area contributed by atoms with E-state index in [4.69, 9.17) is 0 Å². The monoisotopic (exact) mass is 652 g/mol. The predicted octanol–water partition coefficient (Wildman–Crippen LogP) is 5.59. The van der Waals surface area contributed by atoms with Crippen LogP contribution in [0.1, 0.15) is 73.7 Å². The number of fused-ring (bicyclic) bond motifs is 2. The highest BCUT2D eigenvalue weighted by Gasteiger charge is 2.58. The third kappa shape index (κ3) is 7.44. The molecular formula is C39H48N4O3S. The molecule has 0 aromatic heterocycles. The molecule has 0 saturated carbocycles. The molecule has 2 fully saturated rings. The zero-order valence-electron chi connectivity index (χ0n) is 27.6. The van der Waals surface area contributed by atoms with Gasteiger partial charge in [-0.2, -0.15) is 0 Å². The fraction of sp³-hybridized carbons (Fsp3) is 0.462. The van der Waals surface area contributed by atoms with Crippen molar-refractivity contribution in [3.05, 3.63) is 107 Å². The Hall–Kier alpha value is -3.62. The lowest BCUT2D eigenvalue weighted by atomic mass is 9.71. The maximum absolute atomic E-state index is 14.9. The number of thioether (sulfide) groups is 1. The van der Waals surface area contributed by atoms with Crippen LogP contribution in [0.2, 0.25) is 0 Å². The zero-order valence-corrected chi connectivity index (χ0v) is 28.4. The Bertz CT molecular complexity index is 1490. The standard InChI is InChI=1S/C39H48N4O3S/c1-27(40-2)36(44)42-33-22-25-47-34-26-39(23-20-28-12-5-3-6-13-28,24-21-29-14-7-4-8-15-29)35(43(34)38(33)46)37(45)41-32-19-11-17-30-16-9-10-18-31(30)32/h3-10,12-16,18,27,32-35,40H,11,17,19-26H2,1-2H3,(H,41,45)(H,42,44)/t27-,32+,33-,34-,35?/m0/s1. The van der Waals surface area contributed by atoms with Crippen LogP contribution in [0.4, 0.5) is 0 Å². The first kappa shape index (κ1) is 33.3. The van der Waals surface area contributed by atoms with Gasteiger partial charge >= 0.3 is 0 Å². The first-order valence-corrected chi connectivity index (χ1v) is 18.3. The van der Waals surface area contributed by atoms with Crippen LogP contribution >= 0.6 is 11.8 Å². The Labute approximate surface area is 283 Å². The number of likely N-dealkylation sites (N-methyl/N-ethyl adjacent to an activating group) is 1. The van der Waals surface area contributed by atoms with Crippen LogP contribution in [-0.2, 0) is 33.6 Å². The Morgan fingerprint density at radius 3 is 2.17 bits per heavy atom. The van der Waals surface area contributed by atoms with Crippen LogP contribution < -0.4 is 16.0 Å². The zero-order chi connectivity index (χ0) is 32.8. The number of amides is 3. The van der Waals surface area contributed by atoms with E-state index in [1.54, 1.807) is 25.7 Å². The van der Waals surface area contributed by atoms with Crippen molar-refractivity contribution < 1.29 is 14.4 Å². The minimum atomic E-state index is -0.666. The quantitative estimate of drug-likeness (QED) is 0.252. The summed E-state index contributed by atoms with van der Waals surface area (Å²) in [4.78, 5) is 44.5. The molecule has 2 heterocycles. The lowest BCUT2D eigenvalue weighted by Gasteiger charge is -2.40. The highest BCUT2D eigenvalue weighted by Crippen LogP contribution is 2.52. The maximum atomic E-state index is 14.9. The van der Waals surface area contributed by atoms with Gasteiger partial charge in [-0.3, -0.25) is 14.4 Å². The van der Waals surface area contributed by atoms with Gasteiger partial charge in [0.15, 0.2) is 0 Å². The Balaban J connectivity index is 1.38. The number of nitrogens with one attached hydrogen (secondary N) is 3. The van der Waals surface area contributed by atoms with Crippen molar-refractivity contribution in [1.29, 1.82) is 0 Å². The van der Waals surface area contributed by atoms with Crippen molar-refractivity contribution >= 4 is 29.5 Å². The summed E-state index contributed by atoms with van der Waals surface area (Å²) in [5.74, 6) is 0.332. The summed E-state index contributed by atoms with van der Waals surface area (Å²) in [5.41, 5.74) is 4.50. The number of benzene rings is 3. The Morgan fingerprint density at radius 2 is 1.51 bits per heavy atom. The molecule has 7 nitrogen and oxygen atoms in total. The average Bonchev–Trinajstić information content (AvgIpc) is 3.36. The van der Waals surface area contributed by atoms with E-state index in [2.05, 4.69) is 82.7 Å². The summed E-state index contributed by atoms with van der Waals surface area (Å²) in [6.07, 6.45) is 7.42. The van der Waals surface area contributed by atoms with E-state index in [1.807, 2.05) is 23.1 Å². The number of carbonyl (C=O) groups is 3. The van der Waals surface area contributed by atoms with Crippen LogP contribution in [0, 0.1) is 5.41 Å². The second kappa shape index (κ2) is 15.1. The van der Waals surface area contributed by atoms with E-state index in [0.29, 0.717) is 6.42 Å². The molecule has 3 aromatic carbocycles. The third-order valence-corrected chi connectivity index (χ3v) is 11.9. The number of nitrogens with zero attached hydrogens (tertiary/aromatic N) is 1. The van der Waals surface area contributed by atoms with Crippen molar-refractivity contribution in [2.75, 3.05) is 12.8 Å². The summed E-state index contributed by atoms with van der Waals surface area (Å²) >= 11 is 1.76. The first-order valence-electron chi connectivity index (χ1n) is 17.3. The van der Waals surface area contributed by atoms with Crippen molar-refractivity contribution in [2.24, 2.45) is 5.41 Å². The molecule has 0 bridgehead atoms. The van der Waals surface area contributed by atoms with Gasteiger partial charge in [0.05, 0.1) is 17.5 Å². The summed E-state index contributed by atoms with van der Waals surface area (Å²) in [6, 6.07) is 27.5. The third-order valence-electron chi connectivity index (χ3n) is 10.6. The molecule has 1 aliphatic carbocycles. The van der Waals surface area contributed by atoms with E-state index in [-0.39, 0.29) is 29.1 Å². The molecule has 0 spiro atoms. The van der Waals surface area contributed by atoms with E-state index < -0.39 is 23.5 Å². The van der Waals surface area contributed by atoms with Gasteiger partial charge in [-0.05, 0) is 99.8 Å². The lowest BCUT2D eigenvalue weighted by molar-refractivity contribution is -0.144. The average molecular weight is 653 g/mol. The van der Waals surface area contributed by atoms with Gasteiger partial charge < -0.3 is 20.9 Å². The van der Waals surface area contributed by atoms with Crippen LogP contribution in [-0.4, -0.2) is 58.9 Å². The number of hydrogen-bond donors (Lipinski definition) is 3. The van der Waals surface area contributed by atoms with Crippen LogP contribution in [0.5, 0.6) is 0 Å². The fourth-order valence-corrected chi connectivity index (χ4v) is 9.33. The molecule has 3 aromatic rings. The van der Waals surface area contributed by atoms with E-state index in [0.717, 1.165) is 57.1 Å². The number of carbonyl (C=O) groups excluding carboxylic acids is 3. The second-order valence-corrected chi connectivity index (χ2v) is 14.8. The van der Waals surface area contributed by atoms with Crippen molar-refractivity contribution in [1.82, 2.24) is 20.9 Å². The van der Waals surface area contributed by atoms with Crippen molar-refractivity contribution in [3.8, 4) is 0 Å². The smallest absolute Gasteiger partial charge is 0.246 e. The largest absolute Gasteiger partial charge is 0.347 e. The lowest BCUT2D eigenvalue weighted by Crippen LogP contribution is -2.59. The molecule has 2 aliphatic heterocycles. The Kier molecular flexibility index (Phi) is 10.7. The summed E-state index contributed by atoms with van der Waals surface area (Å²) in [7, 11) is 1.74. The SMILES string of the molecule is CN[C@@H](C)C(=O)N[C@H]1CCS[C@H]2CC(CCc3ccccc3)(CCc3ccccc3)C(C(=O)N[C@@H]3CCCc4ccccc43)N2C1=O. The molecule has 3 amide bonds. The molecule has 3 aliphatic rings. The van der Waals surface area contributed by atoms with Crippen molar-refractivity contribution in [2.45, 2.75) is 94.3 Å². The highest BCUT2D eigenvalue weighted by molar-refractivity contribution is 7.99. The minimum Gasteiger partial charge on any atom is -0.347 e. The molecular weight excluding hydrogens is 605 g/mol. The van der Waals surface area contributed by atoms with Gasteiger partial charge in [0.2, 0.25) is 17.7 Å². The van der Waals surface area contributed by atoms with Gasteiger partial charge in [-0.1, -0.05) is 84.9 Å². The molecule has 0 radical (unpaired) electrons. The summed E-state index contributed by atoms with van der Waals surface area (Å²) in [5, 5.41) is 9.37. The normalized spacial score (nSPS) is 24.0. The van der Waals surface area contributed by atoms with E-state index >= 15 is 0 Å². The molecule has 6 rings (SSSR count). The molecule has 5 atom stereocenters. The molecule has 3 N–H and O–H groups in total. The molecule has 2 saturated heterocycles. The van der Waals surface area contributed by atoms with Gasteiger partial charge in [-0.15, -0.1) is 11.8 Å².